The third kappa shape index (κ3) is 62.4. The molecule has 0 aromatic rings. The SMILES string of the molecule is C=O.CCCCCCCCCOCCCCCCCCN(CCCC)CCCCCCCC(CCCCCCCC)CCCCCCCC.CNC.O=CO. The first kappa shape index (κ1) is 60.7. The predicted octanol–water partition coefficient (Wildman–Crippen LogP) is 15.0. The summed E-state index contributed by atoms with van der Waals surface area (Å²) in [5.74, 6) is 1.02. The van der Waals surface area contributed by atoms with Crippen LogP contribution in [0.15, 0.2) is 0 Å². The van der Waals surface area contributed by atoms with Crippen LogP contribution in [0.5, 0.6) is 0 Å². The van der Waals surface area contributed by atoms with Gasteiger partial charge in [-0.25, -0.2) is 0 Å². The maximum Gasteiger partial charge on any atom is 0.290 e. The fraction of sp³-hybridized carbons (Fsp3) is 0.959. The van der Waals surface area contributed by atoms with Gasteiger partial charge in [0.05, 0.1) is 0 Å². The van der Waals surface area contributed by atoms with Crippen LogP contribution in [0.4, 0.5) is 0 Å². The van der Waals surface area contributed by atoms with Crippen LogP contribution < -0.4 is 5.32 Å². The van der Waals surface area contributed by atoms with Crippen molar-refractivity contribution in [3.05, 3.63) is 0 Å². The fourth-order valence-electron chi connectivity index (χ4n) is 7.39. The molecule has 0 amide bonds. The third-order valence-electron chi connectivity index (χ3n) is 10.8. The molecule has 0 aromatic carbocycles. The number of ether oxygens (including phenoxy) is 1. The summed E-state index contributed by atoms with van der Waals surface area (Å²) in [5, 5.41) is 9.64. The van der Waals surface area contributed by atoms with Crippen molar-refractivity contribution in [2.75, 3.05) is 46.9 Å². The first-order chi connectivity index (χ1) is 27.1. The summed E-state index contributed by atoms with van der Waals surface area (Å²) in [6, 6.07) is 0. The Kier molecular flexibility index (Phi) is 68.7. The molecule has 0 aliphatic rings. The van der Waals surface area contributed by atoms with Crippen molar-refractivity contribution in [1.82, 2.24) is 10.2 Å². The van der Waals surface area contributed by atoms with Crippen molar-refractivity contribution >= 4 is 13.3 Å². The van der Waals surface area contributed by atoms with Crippen LogP contribution in [-0.2, 0) is 14.3 Å². The molecule has 0 aromatic heterocycles. The molecule has 334 valence electrons. The van der Waals surface area contributed by atoms with E-state index in [2.05, 4.69) is 37.9 Å². The van der Waals surface area contributed by atoms with Gasteiger partial charge in [0, 0.05) is 13.2 Å². The Morgan fingerprint density at radius 2 is 0.691 bits per heavy atom. The topological polar surface area (TPSA) is 78.9 Å². The van der Waals surface area contributed by atoms with Crippen molar-refractivity contribution in [2.24, 2.45) is 5.92 Å². The van der Waals surface area contributed by atoms with Gasteiger partial charge in [0.1, 0.15) is 6.79 Å². The second kappa shape index (κ2) is 62.2. The predicted molar refractivity (Wildman–Crippen MR) is 246 cm³/mol. The van der Waals surface area contributed by atoms with E-state index in [0.29, 0.717) is 0 Å². The van der Waals surface area contributed by atoms with Gasteiger partial charge in [-0.1, -0.05) is 220 Å². The minimum atomic E-state index is -0.250. The molecule has 0 rings (SSSR count). The van der Waals surface area contributed by atoms with E-state index in [-0.39, 0.29) is 6.47 Å². The molecular weight excluding hydrogens is 681 g/mol. The van der Waals surface area contributed by atoms with Gasteiger partial charge in [-0.2, -0.15) is 0 Å². The van der Waals surface area contributed by atoms with Crippen molar-refractivity contribution < 1.29 is 19.4 Å². The number of hydrogen-bond donors (Lipinski definition) is 2. The second-order valence-electron chi connectivity index (χ2n) is 16.2. The van der Waals surface area contributed by atoms with Crippen LogP contribution in [0.1, 0.15) is 252 Å². The quantitative estimate of drug-likeness (QED) is 0.0474. The van der Waals surface area contributed by atoms with E-state index in [1.54, 1.807) is 0 Å². The number of carbonyl (C=O) groups is 2. The first-order valence-electron chi connectivity index (χ1n) is 24.4. The van der Waals surface area contributed by atoms with Gasteiger partial charge in [-0.3, -0.25) is 4.79 Å². The Morgan fingerprint density at radius 1 is 0.455 bits per heavy atom. The molecular formula is C49H104N2O4. The Hall–Kier alpha value is -0.980. The molecule has 55 heavy (non-hydrogen) atoms. The van der Waals surface area contributed by atoms with Crippen molar-refractivity contribution in [3.63, 3.8) is 0 Å². The highest BCUT2D eigenvalue weighted by molar-refractivity contribution is 5.32. The van der Waals surface area contributed by atoms with E-state index in [9.17, 15) is 0 Å². The summed E-state index contributed by atoms with van der Waals surface area (Å²) in [6.45, 7) is 17.0. The summed E-state index contributed by atoms with van der Waals surface area (Å²) in [6.07, 6.45) is 49.8. The monoisotopic (exact) mass is 785 g/mol. The molecule has 0 unspecified atom stereocenters. The average molecular weight is 785 g/mol. The summed E-state index contributed by atoms with van der Waals surface area (Å²) >= 11 is 0. The minimum absolute atomic E-state index is 0.250. The number of rotatable bonds is 42. The molecule has 0 spiro atoms. The van der Waals surface area contributed by atoms with Gasteiger partial charge >= 0.3 is 0 Å². The zero-order valence-electron chi connectivity index (χ0n) is 38.8. The van der Waals surface area contributed by atoms with Gasteiger partial charge in [0.15, 0.2) is 0 Å². The molecule has 0 bridgehead atoms. The number of nitrogens with one attached hydrogen (secondary N) is 1. The Labute approximate surface area is 347 Å². The molecule has 0 saturated carbocycles. The Morgan fingerprint density at radius 3 is 1.00 bits per heavy atom. The highest BCUT2D eigenvalue weighted by atomic mass is 16.5. The third-order valence-corrected chi connectivity index (χ3v) is 10.8. The van der Waals surface area contributed by atoms with Gasteiger partial charge in [0.25, 0.3) is 6.47 Å². The smallest absolute Gasteiger partial charge is 0.290 e. The maximum atomic E-state index is 8.36. The van der Waals surface area contributed by atoms with Crippen LogP contribution in [0.3, 0.4) is 0 Å². The number of nitrogens with zero attached hydrogens (tertiary/aromatic N) is 1. The summed E-state index contributed by atoms with van der Waals surface area (Å²) in [7, 11) is 3.75. The normalized spacial score (nSPS) is 10.8. The van der Waals surface area contributed by atoms with Crippen LogP contribution in [0, 0.1) is 5.92 Å². The van der Waals surface area contributed by atoms with E-state index in [1.165, 1.54) is 244 Å². The molecule has 0 aliphatic carbocycles. The summed E-state index contributed by atoms with van der Waals surface area (Å²) in [4.78, 5) is 19.2. The highest BCUT2D eigenvalue weighted by Crippen LogP contribution is 2.25. The molecule has 0 atom stereocenters. The number of carboxylic acid groups (broad SMARTS) is 1. The lowest BCUT2D eigenvalue weighted by Crippen LogP contribution is -2.27. The van der Waals surface area contributed by atoms with Crippen LogP contribution in [0.2, 0.25) is 0 Å². The lowest BCUT2D eigenvalue weighted by atomic mass is 9.89. The first-order valence-corrected chi connectivity index (χ1v) is 24.4. The van der Waals surface area contributed by atoms with Crippen LogP contribution >= 0.6 is 0 Å². The molecule has 0 saturated heterocycles. The van der Waals surface area contributed by atoms with E-state index in [1.807, 2.05) is 20.9 Å². The van der Waals surface area contributed by atoms with Gasteiger partial charge < -0.3 is 24.9 Å². The lowest BCUT2D eigenvalue weighted by Gasteiger charge is -2.22. The summed E-state index contributed by atoms with van der Waals surface area (Å²) < 4.78 is 5.89. The largest absolute Gasteiger partial charge is 0.483 e. The lowest BCUT2D eigenvalue weighted by molar-refractivity contribution is -0.122. The van der Waals surface area contributed by atoms with Gasteiger partial charge in [-0.05, 0) is 71.8 Å². The Bertz CT molecular complexity index is 608. The molecule has 0 heterocycles. The summed E-state index contributed by atoms with van der Waals surface area (Å²) in [5.41, 5.74) is 0. The fourth-order valence-corrected chi connectivity index (χ4v) is 7.39. The zero-order valence-corrected chi connectivity index (χ0v) is 38.8. The number of carbonyl (C=O) groups excluding carboxylic acids is 1. The second-order valence-corrected chi connectivity index (χ2v) is 16.2. The van der Waals surface area contributed by atoms with E-state index in [0.717, 1.165) is 19.1 Å². The van der Waals surface area contributed by atoms with Crippen molar-refractivity contribution in [3.8, 4) is 0 Å². The maximum absolute atomic E-state index is 8.36. The minimum Gasteiger partial charge on any atom is -0.483 e. The van der Waals surface area contributed by atoms with Crippen molar-refractivity contribution in [2.45, 2.75) is 252 Å². The van der Waals surface area contributed by atoms with E-state index >= 15 is 0 Å². The molecule has 0 radical (unpaired) electrons. The van der Waals surface area contributed by atoms with Gasteiger partial charge in [0.2, 0.25) is 0 Å². The van der Waals surface area contributed by atoms with Gasteiger partial charge in [-0.15, -0.1) is 0 Å². The molecule has 0 aliphatic heterocycles. The highest BCUT2D eigenvalue weighted by Gasteiger charge is 2.09. The van der Waals surface area contributed by atoms with Crippen LogP contribution in [-0.4, -0.2) is 70.2 Å². The van der Waals surface area contributed by atoms with Crippen LogP contribution in [0.25, 0.3) is 0 Å². The molecule has 0 fully saturated rings. The molecule has 6 heteroatoms. The van der Waals surface area contributed by atoms with Crippen molar-refractivity contribution in [1.29, 1.82) is 0 Å². The zero-order chi connectivity index (χ0) is 41.6. The number of unbranched alkanes of at least 4 members (excludes halogenated alkanes) is 26. The standard InChI is InChI=1S/C45H93NO.C2H7N.CH2O2.CH2O/c1-5-9-13-16-20-28-35-43-47-44-36-29-21-19-26-33-41-46(40-12-8-4)42-34-27-22-25-32-39-45(37-30-23-17-14-10-6-2)38-31-24-18-15-11-7-3;1-3-2;2-1-3;1-2/h45H,5-44H2,1-4H3;3H,1-2H3;1H,(H,2,3);1H2. The van der Waals surface area contributed by atoms with E-state index < -0.39 is 0 Å². The molecule has 6 nitrogen and oxygen atoms in total. The molecule has 2 N–H and O–H groups in total. The van der Waals surface area contributed by atoms with E-state index in [4.69, 9.17) is 19.4 Å². The average Bonchev–Trinajstić information content (AvgIpc) is 3.19. The number of hydrogen-bond acceptors (Lipinski definition) is 5. The Balaban J connectivity index is -0.00000149.